The number of ether oxygens (including phenoxy) is 1. The summed E-state index contributed by atoms with van der Waals surface area (Å²) in [5.41, 5.74) is 2.15. The molecule has 8 nitrogen and oxygen atoms in total. The maximum Gasteiger partial charge on any atom is 0.252 e. The average molecular weight is 497 g/mol. The fraction of sp³-hybridized carbons (Fsp3) is 0.333. The van der Waals surface area contributed by atoms with Crippen LogP contribution >= 0.6 is 23.2 Å². The van der Waals surface area contributed by atoms with E-state index in [4.69, 9.17) is 27.9 Å². The summed E-state index contributed by atoms with van der Waals surface area (Å²) in [4.78, 5) is 20.6. The first kappa shape index (κ1) is 22.8. The molecule has 1 fully saturated rings. The molecule has 1 amide bonds. The van der Waals surface area contributed by atoms with Crippen LogP contribution in [0.15, 0.2) is 36.4 Å². The van der Waals surface area contributed by atoms with Crippen molar-refractivity contribution in [2.75, 3.05) is 30.3 Å². The predicted molar refractivity (Wildman–Crippen MR) is 125 cm³/mol. The normalized spacial score (nSPS) is 16.8. The van der Waals surface area contributed by atoms with Gasteiger partial charge in [0.25, 0.3) is 5.91 Å². The van der Waals surface area contributed by atoms with Gasteiger partial charge in [0.15, 0.2) is 0 Å². The first-order valence-electron chi connectivity index (χ1n) is 10.0. The van der Waals surface area contributed by atoms with E-state index in [1.54, 1.807) is 30.3 Å². The lowest BCUT2D eigenvalue weighted by atomic mass is 10.1. The molecule has 4 rings (SSSR count). The number of hydrogen-bond acceptors (Lipinski definition) is 5. The Bertz CT molecular complexity index is 1260. The summed E-state index contributed by atoms with van der Waals surface area (Å²) in [6, 6.07) is 9.34. The zero-order valence-corrected chi connectivity index (χ0v) is 19.6. The molecule has 3 aromatic rings. The van der Waals surface area contributed by atoms with Gasteiger partial charge in [-0.15, -0.1) is 0 Å². The highest BCUT2D eigenvalue weighted by Gasteiger charge is 2.28. The number of hydrogen-bond donors (Lipinski definition) is 2. The van der Waals surface area contributed by atoms with Gasteiger partial charge in [-0.3, -0.25) is 9.10 Å². The molecule has 1 aliphatic heterocycles. The molecule has 1 unspecified atom stereocenters. The second-order valence-corrected chi connectivity index (χ2v) is 10.4. The third-order valence-electron chi connectivity index (χ3n) is 5.26. The van der Waals surface area contributed by atoms with Crippen LogP contribution in [-0.2, 0) is 14.8 Å². The van der Waals surface area contributed by atoms with Crippen LogP contribution < -0.4 is 9.62 Å². The van der Waals surface area contributed by atoms with Crippen LogP contribution in [0.2, 0.25) is 10.0 Å². The van der Waals surface area contributed by atoms with Gasteiger partial charge in [-0.05, 0) is 49.2 Å². The Labute approximate surface area is 195 Å². The third-order valence-corrected chi connectivity index (χ3v) is 7.65. The number of carbonyl (C=O) groups excluding carboxylic acids is 1. The zero-order chi connectivity index (χ0) is 22.9. The van der Waals surface area contributed by atoms with Gasteiger partial charge in [-0.1, -0.05) is 23.2 Å². The van der Waals surface area contributed by atoms with Gasteiger partial charge in [0.05, 0.1) is 34.1 Å². The van der Waals surface area contributed by atoms with Gasteiger partial charge >= 0.3 is 0 Å². The summed E-state index contributed by atoms with van der Waals surface area (Å²) in [5.74, 6) is 0.229. The number of fused-ring (bicyclic) bond motifs is 1. The van der Waals surface area contributed by atoms with Gasteiger partial charge in [0.2, 0.25) is 10.0 Å². The van der Waals surface area contributed by atoms with Crippen molar-refractivity contribution in [1.29, 1.82) is 0 Å². The molecule has 32 heavy (non-hydrogen) atoms. The third kappa shape index (κ3) is 4.71. The molecule has 1 aromatic heterocycles. The van der Waals surface area contributed by atoms with Crippen molar-refractivity contribution in [3.63, 3.8) is 0 Å². The van der Waals surface area contributed by atoms with Crippen LogP contribution in [-0.4, -0.2) is 50.3 Å². The number of nitrogens with zero attached hydrogens (tertiary/aromatic N) is 2. The lowest BCUT2D eigenvalue weighted by Gasteiger charge is -2.29. The Kier molecular flexibility index (Phi) is 6.62. The molecular formula is C21H22Cl2N4O4S. The van der Waals surface area contributed by atoms with E-state index in [9.17, 15) is 13.2 Å². The van der Waals surface area contributed by atoms with Crippen molar-refractivity contribution in [1.82, 2.24) is 15.3 Å². The van der Waals surface area contributed by atoms with E-state index in [0.717, 1.165) is 17.5 Å². The summed E-state index contributed by atoms with van der Waals surface area (Å²) >= 11 is 12.4. The van der Waals surface area contributed by atoms with Crippen LogP contribution in [0.25, 0.3) is 11.0 Å². The summed E-state index contributed by atoms with van der Waals surface area (Å²) in [7, 11) is -1.87. The average Bonchev–Trinajstić information content (AvgIpc) is 3.16. The number of H-pyrrole nitrogens is 1. The molecule has 1 atom stereocenters. The number of anilines is 1. The van der Waals surface area contributed by atoms with Gasteiger partial charge in [0.1, 0.15) is 11.9 Å². The standard InChI is InChI=1S/C21H22Cl2N4O4S/c1-31-12-18(20-24-16-6-5-14(22)11-17(16)25-20)26-21(28)13-4-7-19(15(23)10-13)27-8-2-3-9-32(27,29)30/h4-7,10-11,18H,2-3,8-9,12H2,1H3,(H,24,25)(H,26,28). The largest absolute Gasteiger partial charge is 0.382 e. The first-order valence-corrected chi connectivity index (χ1v) is 12.4. The Morgan fingerprint density at radius 1 is 1.25 bits per heavy atom. The number of methoxy groups -OCH3 is 1. The Morgan fingerprint density at radius 3 is 2.78 bits per heavy atom. The number of aromatic amines is 1. The highest BCUT2D eigenvalue weighted by Crippen LogP contribution is 2.31. The van der Waals surface area contributed by atoms with Crippen molar-refractivity contribution >= 4 is 55.9 Å². The van der Waals surface area contributed by atoms with E-state index in [-0.39, 0.29) is 23.3 Å². The molecule has 2 N–H and O–H groups in total. The van der Waals surface area contributed by atoms with E-state index in [0.29, 0.717) is 35.1 Å². The Hall–Kier alpha value is -2.33. The minimum atomic E-state index is -3.40. The fourth-order valence-corrected chi connectivity index (χ4v) is 5.83. The monoisotopic (exact) mass is 496 g/mol. The number of aromatic nitrogens is 2. The molecular weight excluding hydrogens is 475 g/mol. The lowest BCUT2D eigenvalue weighted by Crippen LogP contribution is -2.38. The summed E-state index contributed by atoms with van der Waals surface area (Å²) < 4.78 is 31.3. The van der Waals surface area contributed by atoms with Gasteiger partial charge in [-0.25, -0.2) is 13.4 Å². The molecule has 1 saturated heterocycles. The van der Waals surface area contributed by atoms with E-state index in [1.165, 1.54) is 17.5 Å². The van der Waals surface area contributed by atoms with Gasteiger partial charge in [0, 0.05) is 24.2 Å². The number of nitrogens with one attached hydrogen (secondary N) is 2. The molecule has 11 heteroatoms. The van der Waals surface area contributed by atoms with Crippen molar-refractivity contribution in [2.24, 2.45) is 0 Å². The van der Waals surface area contributed by atoms with Gasteiger partial charge in [-0.2, -0.15) is 0 Å². The van der Waals surface area contributed by atoms with E-state index in [1.807, 2.05) is 0 Å². The minimum absolute atomic E-state index is 0.0903. The molecule has 0 spiro atoms. The van der Waals surface area contributed by atoms with Crippen LogP contribution in [0, 0.1) is 0 Å². The highest BCUT2D eigenvalue weighted by atomic mass is 35.5. The minimum Gasteiger partial charge on any atom is -0.382 e. The number of benzene rings is 2. The second-order valence-electron chi connectivity index (χ2n) is 7.53. The van der Waals surface area contributed by atoms with Crippen molar-refractivity contribution in [2.45, 2.75) is 18.9 Å². The molecule has 0 radical (unpaired) electrons. The molecule has 2 aromatic carbocycles. The number of amides is 1. The van der Waals surface area contributed by atoms with E-state index in [2.05, 4.69) is 15.3 Å². The number of sulfonamides is 1. The highest BCUT2D eigenvalue weighted by molar-refractivity contribution is 7.92. The van der Waals surface area contributed by atoms with Crippen molar-refractivity contribution in [3.05, 3.63) is 57.8 Å². The quantitative estimate of drug-likeness (QED) is 0.537. The number of rotatable bonds is 6. The predicted octanol–water partition coefficient (Wildman–Crippen LogP) is 3.92. The maximum atomic E-state index is 12.9. The smallest absolute Gasteiger partial charge is 0.252 e. The van der Waals surface area contributed by atoms with Crippen molar-refractivity contribution in [3.8, 4) is 0 Å². The van der Waals surface area contributed by atoms with Crippen LogP contribution in [0.1, 0.15) is 35.1 Å². The Morgan fingerprint density at radius 2 is 2.06 bits per heavy atom. The van der Waals surface area contributed by atoms with E-state index < -0.39 is 16.1 Å². The first-order chi connectivity index (χ1) is 15.3. The maximum absolute atomic E-state index is 12.9. The lowest BCUT2D eigenvalue weighted by molar-refractivity contribution is 0.0892. The molecule has 1 aliphatic rings. The SMILES string of the molecule is COCC(NC(=O)c1ccc(N2CCCCS2(=O)=O)c(Cl)c1)c1nc2ccc(Cl)cc2[nH]1. The second kappa shape index (κ2) is 9.27. The molecule has 0 bridgehead atoms. The molecule has 0 aliphatic carbocycles. The Balaban J connectivity index is 1.56. The number of carbonyl (C=O) groups is 1. The molecule has 170 valence electrons. The van der Waals surface area contributed by atoms with Crippen LogP contribution in [0.5, 0.6) is 0 Å². The van der Waals surface area contributed by atoms with Crippen molar-refractivity contribution < 1.29 is 17.9 Å². The van der Waals surface area contributed by atoms with E-state index >= 15 is 0 Å². The number of halogens is 2. The topological polar surface area (TPSA) is 104 Å². The molecule has 0 saturated carbocycles. The van der Waals surface area contributed by atoms with Crippen LogP contribution in [0.3, 0.4) is 0 Å². The summed E-state index contributed by atoms with van der Waals surface area (Å²) in [6.45, 7) is 0.566. The summed E-state index contributed by atoms with van der Waals surface area (Å²) in [6.07, 6.45) is 1.39. The number of imidazole rings is 1. The van der Waals surface area contributed by atoms with Crippen LogP contribution in [0.4, 0.5) is 5.69 Å². The zero-order valence-electron chi connectivity index (χ0n) is 17.3. The fourth-order valence-electron chi connectivity index (χ4n) is 3.67. The summed E-state index contributed by atoms with van der Waals surface area (Å²) in [5, 5.41) is 3.66. The molecule has 2 heterocycles. The van der Waals surface area contributed by atoms with Gasteiger partial charge < -0.3 is 15.0 Å².